The van der Waals surface area contributed by atoms with Crippen LogP contribution in [0.4, 0.5) is 5.88 Å². The van der Waals surface area contributed by atoms with Crippen molar-refractivity contribution < 1.29 is 4.42 Å². The summed E-state index contributed by atoms with van der Waals surface area (Å²) in [5.74, 6) is 1.56. The van der Waals surface area contributed by atoms with E-state index >= 15 is 0 Å². The van der Waals surface area contributed by atoms with Crippen LogP contribution in [0.2, 0.25) is 0 Å². The molecule has 0 bridgehead atoms. The van der Waals surface area contributed by atoms with E-state index in [-0.39, 0.29) is 0 Å². The smallest absolute Gasteiger partial charge is 0.228 e. The van der Waals surface area contributed by atoms with Crippen molar-refractivity contribution >= 4 is 5.88 Å². The summed E-state index contributed by atoms with van der Waals surface area (Å²) >= 11 is 0. The van der Waals surface area contributed by atoms with Crippen molar-refractivity contribution in [3.63, 3.8) is 0 Å². The number of anilines is 1. The number of oxazole rings is 1. The van der Waals surface area contributed by atoms with E-state index in [2.05, 4.69) is 17.2 Å². The Morgan fingerprint density at radius 1 is 1.31 bits per heavy atom. The minimum Gasteiger partial charge on any atom is -0.420 e. The number of nitrogens with zero attached hydrogens (tertiary/aromatic N) is 1. The van der Waals surface area contributed by atoms with E-state index in [0.717, 1.165) is 30.0 Å². The summed E-state index contributed by atoms with van der Waals surface area (Å²) in [6.07, 6.45) is 2.12. The second-order valence-electron chi connectivity index (χ2n) is 4.24. The van der Waals surface area contributed by atoms with Gasteiger partial charge in [0.15, 0.2) is 0 Å². The van der Waals surface area contributed by atoms with Crippen LogP contribution in [0.15, 0.2) is 34.7 Å². The maximum Gasteiger partial charge on any atom is 0.228 e. The van der Waals surface area contributed by atoms with Gasteiger partial charge in [-0.05, 0) is 31.9 Å². The van der Waals surface area contributed by atoms with Crippen LogP contribution in [0, 0.1) is 0 Å². The lowest BCUT2D eigenvalue weighted by molar-refractivity contribution is 0.555. The van der Waals surface area contributed by atoms with Crippen LogP contribution in [0.3, 0.4) is 0 Å². The van der Waals surface area contributed by atoms with E-state index in [1.165, 1.54) is 0 Å². The minimum atomic E-state index is 0.476. The van der Waals surface area contributed by atoms with E-state index in [9.17, 15) is 0 Å². The highest BCUT2D eigenvalue weighted by Gasteiger charge is 2.20. The molecule has 3 heteroatoms. The normalized spacial score (nSPS) is 18.9. The molecule has 0 fully saturated rings. The average molecular weight is 214 g/mol. The third-order valence-electron chi connectivity index (χ3n) is 2.91. The number of aryl methyl sites for hydroxylation is 1. The first kappa shape index (κ1) is 9.46. The molecule has 2 heterocycles. The Balaban J connectivity index is 1.99. The first-order chi connectivity index (χ1) is 7.83. The van der Waals surface area contributed by atoms with Gasteiger partial charge in [0.25, 0.3) is 0 Å². The lowest BCUT2D eigenvalue weighted by Crippen LogP contribution is -2.20. The van der Waals surface area contributed by atoms with Gasteiger partial charge in [-0.2, -0.15) is 0 Å². The largest absolute Gasteiger partial charge is 0.420 e. The standard InChI is InChI=1S/C13H14N2O/c1-9-7-8-11-13(14-9)16-12(15-11)10-5-3-2-4-6-10/h2-6,9,14H,7-8H2,1H3. The zero-order valence-corrected chi connectivity index (χ0v) is 9.23. The Morgan fingerprint density at radius 2 is 2.12 bits per heavy atom. The van der Waals surface area contributed by atoms with E-state index in [1.807, 2.05) is 30.3 Å². The molecule has 0 spiro atoms. The van der Waals surface area contributed by atoms with Crippen LogP contribution in [0.25, 0.3) is 11.5 Å². The highest BCUT2D eigenvalue weighted by molar-refractivity contribution is 5.57. The molecule has 82 valence electrons. The number of rotatable bonds is 1. The maximum absolute atomic E-state index is 5.74. The highest BCUT2D eigenvalue weighted by Crippen LogP contribution is 2.29. The van der Waals surface area contributed by atoms with Crippen molar-refractivity contribution in [1.29, 1.82) is 0 Å². The topological polar surface area (TPSA) is 38.1 Å². The van der Waals surface area contributed by atoms with E-state index in [0.29, 0.717) is 11.9 Å². The van der Waals surface area contributed by atoms with Crippen molar-refractivity contribution in [3.8, 4) is 11.5 Å². The molecule has 3 rings (SSSR count). The Bertz CT molecular complexity index is 490. The highest BCUT2D eigenvalue weighted by atomic mass is 16.4. The number of hydrogen-bond donors (Lipinski definition) is 1. The van der Waals surface area contributed by atoms with Crippen LogP contribution >= 0.6 is 0 Å². The van der Waals surface area contributed by atoms with Gasteiger partial charge < -0.3 is 9.73 Å². The van der Waals surface area contributed by atoms with Crippen LogP contribution in [0.5, 0.6) is 0 Å². The fourth-order valence-electron chi connectivity index (χ4n) is 1.99. The maximum atomic E-state index is 5.74. The summed E-state index contributed by atoms with van der Waals surface area (Å²) in [6.45, 7) is 2.16. The van der Waals surface area contributed by atoms with Gasteiger partial charge in [-0.25, -0.2) is 4.98 Å². The van der Waals surface area contributed by atoms with Gasteiger partial charge >= 0.3 is 0 Å². The molecule has 1 N–H and O–H groups in total. The molecule has 0 saturated heterocycles. The number of hydrogen-bond acceptors (Lipinski definition) is 3. The Morgan fingerprint density at radius 3 is 2.94 bits per heavy atom. The first-order valence-electron chi connectivity index (χ1n) is 5.64. The molecule has 1 aliphatic heterocycles. The lowest BCUT2D eigenvalue weighted by atomic mass is 10.1. The molecular formula is C13H14N2O. The average Bonchev–Trinajstić information content (AvgIpc) is 2.73. The number of benzene rings is 1. The molecule has 1 aromatic carbocycles. The second kappa shape index (κ2) is 3.67. The third kappa shape index (κ3) is 1.58. The van der Waals surface area contributed by atoms with Gasteiger partial charge in [-0.15, -0.1) is 0 Å². The molecule has 0 radical (unpaired) electrons. The van der Waals surface area contributed by atoms with E-state index in [1.54, 1.807) is 0 Å². The zero-order chi connectivity index (χ0) is 11.0. The van der Waals surface area contributed by atoms with Crippen molar-refractivity contribution in [3.05, 3.63) is 36.0 Å². The van der Waals surface area contributed by atoms with Gasteiger partial charge in [0.1, 0.15) is 5.69 Å². The molecule has 1 atom stereocenters. The quantitative estimate of drug-likeness (QED) is 0.792. The summed E-state index contributed by atoms with van der Waals surface area (Å²) in [5.41, 5.74) is 2.09. The second-order valence-corrected chi connectivity index (χ2v) is 4.24. The Labute approximate surface area is 94.5 Å². The predicted octanol–water partition coefficient (Wildman–Crippen LogP) is 3.09. The molecule has 1 aliphatic rings. The first-order valence-corrected chi connectivity index (χ1v) is 5.64. The lowest BCUT2D eigenvalue weighted by Gasteiger charge is -2.17. The summed E-state index contributed by atoms with van der Waals surface area (Å²) < 4.78 is 5.74. The van der Waals surface area contributed by atoms with Crippen molar-refractivity contribution in [2.75, 3.05) is 5.32 Å². The summed E-state index contributed by atoms with van der Waals surface area (Å²) in [5, 5.41) is 3.32. The zero-order valence-electron chi connectivity index (χ0n) is 9.23. The van der Waals surface area contributed by atoms with Crippen LogP contribution in [0.1, 0.15) is 19.0 Å². The fourth-order valence-corrected chi connectivity index (χ4v) is 1.99. The monoisotopic (exact) mass is 214 g/mol. The molecule has 0 aliphatic carbocycles. The van der Waals surface area contributed by atoms with E-state index < -0.39 is 0 Å². The van der Waals surface area contributed by atoms with Crippen molar-refractivity contribution in [2.45, 2.75) is 25.8 Å². The van der Waals surface area contributed by atoms with Gasteiger partial charge in [0.2, 0.25) is 11.8 Å². The molecule has 0 amide bonds. The van der Waals surface area contributed by atoms with Gasteiger partial charge in [0, 0.05) is 11.6 Å². The molecule has 1 unspecified atom stereocenters. The van der Waals surface area contributed by atoms with Gasteiger partial charge in [-0.1, -0.05) is 18.2 Å². The molecule has 2 aromatic rings. The molecule has 0 saturated carbocycles. The third-order valence-corrected chi connectivity index (χ3v) is 2.91. The number of aromatic nitrogens is 1. The fraction of sp³-hybridized carbons (Fsp3) is 0.308. The van der Waals surface area contributed by atoms with Crippen LogP contribution < -0.4 is 5.32 Å². The van der Waals surface area contributed by atoms with Gasteiger partial charge in [0.05, 0.1) is 0 Å². The summed E-state index contributed by atoms with van der Waals surface area (Å²) in [7, 11) is 0. The number of fused-ring (bicyclic) bond motifs is 1. The van der Waals surface area contributed by atoms with Crippen molar-refractivity contribution in [1.82, 2.24) is 4.98 Å². The molecule has 1 aromatic heterocycles. The van der Waals surface area contributed by atoms with Crippen LogP contribution in [-0.2, 0) is 6.42 Å². The predicted molar refractivity (Wildman–Crippen MR) is 63.3 cm³/mol. The Kier molecular flexibility index (Phi) is 2.17. The van der Waals surface area contributed by atoms with Crippen LogP contribution in [-0.4, -0.2) is 11.0 Å². The molecule has 16 heavy (non-hydrogen) atoms. The summed E-state index contributed by atoms with van der Waals surface area (Å²) in [6, 6.07) is 10.5. The Hall–Kier alpha value is -1.77. The SMILES string of the molecule is CC1CCc2nc(-c3ccccc3)oc2N1. The summed E-state index contributed by atoms with van der Waals surface area (Å²) in [4.78, 5) is 4.53. The van der Waals surface area contributed by atoms with E-state index in [4.69, 9.17) is 4.42 Å². The van der Waals surface area contributed by atoms with Crippen molar-refractivity contribution in [2.24, 2.45) is 0 Å². The molecular weight excluding hydrogens is 200 g/mol. The number of nitrogens with one attached hydrogen (secondary N) is 1. The van der Waals surface area contributed by atoms with Gasteiger partial charge in [-0.3, -0.25) is 0 Å². The minimum absolute atomic E-state index is 0.476. The molecule has 3 nitrogen and oxygen atoms in total.